The molecule has 8 heteroatoms. The van der Waals surface area contributed by atoms with E-state index in [1.165, 1.54) is 11.1 Å². The van der Waals surface area contributed by atoms with Crippen molar-refractivity contribution in [1.29, 1.82) is 0 Å². The molecule has 0 radical (unpaired) electrons. The Labute approximate surface area is 145 Å². The van der Waals surface area contributed by atoms with Gasteiger partial charge in [-0.1, -0.05) is 0 Å². The highest BCUT2D eigenvalue weighted by molar-refractivity contribution is 7.11. The molecule has 2 rings (SSSR count). The maximum atomic E-state index is 11.7. The van der Waals surface area contributed by atoms with Crippen molar-refractivity contribution in [3.05, 3.63) is 40.2 Å². The molecule has 0 bridgehead atoms. The maximum absolute atomic E-state index is 11.7. The Kier molecular flexibility index (Phi) is 7.28. The fraction of sp³-hybridized carbons (Fsp3) is 0.438. The molecule has 0 saturated carbocycles. The van der Waals surface area contributed by atoms with E-state index >= 15 is 0 Å². The first kappa shape index (κ1) is 18.0. The SMILES string of the molecule is CCNC(=NCCc1ncc(C)s1)NCCNC(=O)c1ccco1. The van der Waals surface area contributed by atoms with Crippen molar-refractivity contribution in [3.63, 3.8) is 0 Å². The summed E-state index contributed by atoms with van der Waals surface area (Å²) in [6.45, 7) is 6.57. The van der Waals surface area contributed by atoms with Gasteiger partial charge in [0, 0.05) is 43.7 Å². The molecule has 0 saturated heterocycles. The summed E-state index contributed by atoms with van der Waals surface area (Å²) in [7, 11) is 0. The molecule has 0 aliphatic heterocycles. The largest absolute Gasteiger partial charge is 0.459 e. The lowest BCUT2D eigenvalue weighted by atomic mass is 10.4. The van der Waals surface area contributed by atoms with Crippen molar-refractivity contribution in [1.82, 2.24) is 20.9 Å². The zero-order chi connectivity index (χ0) is 17.2. The van der Waals surface area contributed by atoms with Crippen LogP contribution in [0.15, 0.2) is 34.0 Å². The molecule has 2 aromatic heterocycles. The molecule has 1 amide bonds. The first-order chi connectivity index (χ1) is 11.7. The van der Waals surface area contributed by atoms with Crippen LogP contribution in [-0.4, -0.2) is 43.0 Å². The lowest BCUT2D eigenvalue weighted by Gasteiger charge is -2.11. The molecule has 0 aliphatic carbocycles. The average Bonchev–Trinajstić information content (AvgIpc) is 3.23. The van der Waals surface area contributed by atoms with Crippen LogP contribution in [-0.2, 0) is 6.42 Å². The van der Waals surface area contributed by atoms with E-state index in [2.05, 4.69) is 25.9 Å². The molecule has 0 aliphatic rings. The summed E-state index contributed by atoms with van der Waals surface area (Å²) in [6.07, 6.45) is 4.19. The Morgan fingerprint density at radius 2 is 2.17 bits per heavy atom. The van der Waals surface area contributed by atoms with Crippen LogP contribution in [0.1, 0.15) is 27.4 Å². The molecular formula is C16H23N5O2S. The van der Waals surface area contributed by atoms with Crippen molar-refractivity contribution in [2.75, 3.05) is 26.2 Å². The number of hydrogen-bond acceptors (Lipinski definition) is 5. The Bertz CT molecular complexity index is 651. The van der Waals surface area contributed by atoms with Crippen LogP contribution >= 0.6 is 11.3 Å². The van der Waals surface area contributed by atoms with Gasteiger partial charge >= 0.3 is 0 Å². The summed E-state index contributed by atoms with van der Waals surface area (Å²) in [5, 5.41) is 10.2. The second-order valence-corrected chi connectivity index (χ2v) is 6.35. The third-order valence-electron chi connectivity index (χ3n) is 3.06. The number of furan rings is 1. The smallest absolute Gasteiger partial charge is 0.287 e. The summed E-state index contributed by atoms with van der Waals surface area (Å²) in [4.78, 5) is 21.8. The van der Waals surface area contributed by atoms with Gasteiger partial charge in [0.25, 0.3) is 5.91 Å². The minimum atomic E-state index is -0.220. The van der Waals surface area contributed by atoms with Crippen molar-refractivity contribution >= 4 is 23.2 Å². The van der Waals surface area contributed by atoms with Crippen LogP contribution in [0.5, 0.6) is 0 Å². The highest BCUT2D eigenvalue weighted by atomic mass is 32.1. The lowest BCUT2D eigenvalue weighted by molar-refractivity contribution is 0.0926. The molecule has 0 atom stereocenters. The highest BCUT2D eigenvalue weighted by Crippen LogP contribution is 2.11. The second-order valence-electron chi connectivity index (χ2n) is 5.04. The number of aliphatic imine (C=N–C) groups is 1. The van der Waals surface area contributed by atoms with E-state index in [1.807, 2.05) is 20.0 Å². The van der Waals surface area contributed by atoms with E-state index < -0.39 is 0 Å². The number of aromatic nitrogens is 1. The molecule has 0 spiro atoms. The van der Waals surface area contributed by atoms with E-state index in [9.17, 15) is 4.79 Å². The number of carbonyl (C=O) groups is 1. The van der Waals surface area contributed by atoms with E-state index in [1.54, 1.807) is 23.5 Å². The van der Waals surface area contributed by atoms with Gasteiger partial charge in [0.05, 0.1) is 11.3 Å². The monoisotopic (exact) mass is 349 g/mol. The Balaban J connectivity index is 1.70. The fourth-order valence-electron chi connectivity index (χ4n) is 1.97. The summed E-state index contributed by atoms with van der Waals surface area (Å²) >= 11 is 1.70. The standard InChI is InChI=1S/C16H23N5O2S/c1-3-17-16(19-7-6-14-21-11-12(2)24-14)20-9-8-18-15(22)13-5-4-10-23-13/h4-5,10-11H,3,6-9H2,1-2H3,(H,18,22)(H2,17,19,20). The number of rotatable bonds is 8. The molecule has 3 N–H and O–H groups in total. The Morgan fingerprint density at radius 1 is 1.33 bits per heavy atom. The topological polar surface area (TPSA) is 91.5 Å². The first-order valence-corrected chi connectivity index (χ1v) is 8.76. The van der Waals surface area contributed by atoms with Gasteiger partial charge in [0.15, 0.2) is 11.7 Å². The molecule has 2 heterocycles. The summed E-state index contributed by atoms with van der Waals surface area (Å²) in [5.74, 6) is 0.829. The van der Waals surface area contributed by atoms with Gasteiger partial charge in [-0.2, -0.15) is 0 Å². The molecule has 130 valence electrons. The molecule has 0 unspecified atom stereocenters. The fourth-order valence-corrected chi connectivity index (χ4v) is 2.75. The number of thiazole rings is 1. The van der Waals surface area contributed by atoms with Crippen molar-refractivity contribution in [2.45, 2.75) is 20.3 Å². The van der Waals surface area contributed by atoms with Gasteiger partial charge < -0.3 is 20.4 Å². The van der Waals surface area contributed by atoms with Gasteiger partial charge in [-0.15, -0.1) is 11.3 Å². The zero-order valence-electron chi connectivity index (χ0n) is 14.0. The Morgan fingerprint density at radius 3 is 2.83 bits per heavy atom. The summed E-state index contributed by atoms with van der Waals surface area (Å²) < 4.78 is 5.04. The van der Waals surface area contributed by atoms with E-state index in [0.717, 1.165) is 23.9 Å². The number of guanidine groups is 1. The van der Waals surface area contributed by atoms with Crippen LogP contribution in [0.25, 0.3) is 0 Å². The van der Waals surface area contributed by atoms with Crippen molar-refractivity contribution in [2.24, 2.45) is 4.99 Å². The average molecular weight is 349 g/mol. The molecular weight excluding hydrogens is 326 g/mol. The van der Waals surface area contributed by atoms with Crippen LogP contribution in [0, 0.1) is 6.92 Å². The lowest BCUT2D eigenvalue weighted by Crippen LogP contribution is -2.41. The highest BCUT2D eigenvalue weighted by Gasteiger charge is 2.06. The van der Waals surface area contributed by atoms with Crippen molar-refractivity contribution in [3.8, 4) is 0 Å². The molecule has 0 aromatic carbocycles. The molecule has 2 aromatic rings. The number of amides is 1. The predicted molar refractivity (Wildman–Crippen MR) is 95.6 cm³/mol. The van der Waals surface area contributed by atoms with Crippen LogP contribution in [0.2, 0.25) is 0 Å². The third-order valence-corrected chi connectivity index (χ3v) is 4.03. The van der Waals surface area contributed by atoms with E-state index in [-0.39, 0.29) is 5.91 Å². The van der Waals surface area contributed by atoms with E-state index in [0.29, 0.717) is 25.4 Å². The molecule has 7 nitrogen and oxygen atoms in total. The van der Waals surface area contributed by atoms with Gasteiger partial charge in [-0.25, -0.2) is 4.98 Å². The van der Waals surface area contributed by atoms with Crippen LogP contribution < -0.4 is 16.0 Å². The van der Waals surface area contributed by atoms with Gasteiger partial charge in [-0.05, 0) is 26.0 Å². The summed E-state index contributed by atoms with van der Waals surface area (Å²) in [6, 6.07) is 3.32. The minimum absolute atomic E-state index is 0.220. The minimum Gasteiger partial charge on any atom is -0.459 e. The number of hydrogen-bond donors (Lipinski definition) is 3. The predicted octanol–water partition coefficient (Wildman–Crippen LogP) is 1.57. The normalized spacial score (nSPS) is 11.3. The zero-order valence-corrected chi connectivity index (χ0v) is 14.8. The van der Waals surface area contributed by atoms with Gasteiger partial charge in [0.2, 0.25) is 0 Å². The van der Waals surface area contributed by atoms with Gasteiger partial charge in [-0.3, -0.25) is 9.79 Å². The van der Waals surface area contributed by atoms with Crippen LogP contribution in [0.4, 0.5) is 0 Å². The second kappa shape index (κ2) is 9.71. The maximum Gasteiger partial charge on any atom is 0.287 e. The first-order valence-electron chi connectivity index (χ1n) is 7.94. The molecule has 0 fully saturated rings. The van der Waals surface area contributed by atoms with Crippen molar-refractivity contribution < 1.29 is 9.21 Å². The third kappa shape index (κ3) is 6.04. The number of aryl methyl sites for hydroxylation is 1. The number of carbonyl (C=O) groups excluding carboxylic acids is 1. The quantitative estimate of drug-likeness (QED) is 0.382. The molecule has 24 heavy (non-hydrogen) atoms. The van der Waals surface area contributed by atoms with Gasteiger partial charge in [0.1, 0.15) is 0 Å². The Hall–Kier alpha value is -2.35. The number of nitrogens with one attached hydrogen (secondary N) is 3. The van der Waals surface area contributed by atoms with E-state index in [4.69, 9.17) is 4.42 Å². The van der Waals surface area contributed by atoms with Crippen LogP contribution in [0.3, 0.4) is 0 Å². The summed E-state index contributed by atoms with van der Waals surface area (Å²) in [5.41, 5.74) is 0. The number of nitrogens with zero attached hydrogens (tertiary/aromatic N) is 2.